The van der Waals surface area contributed by atoms with Crippen LogP contribution in [0.4, 0.5) is 14.9 Å². The fourth-order valence-electron chi connectivity index (χ4n) is 2.26. The maximum Gasteiger partial charge on any atom is 0.336 e. The van der Waals surface area contributed by atoms with E-state index in [-0.39, 0.29) is 18.3 Å². The van der Waals surface area contributed by atoms with Crippen molar-refractivity contribution in [2.24, 2.45) is 0 Å². The van der Waals surface area contributed by atoms with E-state index in [4.69, 9.17) is 0 Å². The zero-order valence-electron chi connectivity index (χ0n) is 12.7. The first-order valence-electron chi connectivity index (χ1n) is 7.03. The van der Waals surface area contributed by atoms with Gasteiger partial charge in [0.15, 0.2) is 0 Å². The van der Waals surface area contributed by atoms with Gasteiger partial charge >= 0.3 is 5.24 Å². The van der Waals surface area contributed by atoms with E-state index in [9.17, 15) is 22.4 Å². The highest BCUT2D eigenvalue weighted by atomic mass is 32.2. The molecule has 0 radical (unpaired) electrons. The fraction of sp³-hybridized carbons (Fsp3) is 0.429. The lowest BCUT2D eigenvalue weighted by atomic mass is 10.2. The Labute approximate surface area is 134 Å². The second kappa shape index (κ2) is 6.95. The number of piperazine rings is 1. The van der Waals surface area contributed by atoms with Crippen molar-refractivity contribution < 1.29 is 22.4 Å². The Balaban J connectivity index is 1.83. The molecule has 2 amide bonds. The number of nitrogens with zero attached hydrogens (tertiary/aromatic N) is 2. The van der Waals surface area contributed by atoms with Crippen LogP contribution in [0.2, 0.25) is 0 Å². The summed E-state index contributed by atoms with van der Waals surface area (Å²) in [4.78, 5) is 26.8. The van der Waals surface area contributed by atoms with Gasteiger partial charge in [-0.25, -0.2) is 12.8 Å². The third kappa shape index (κ3) is 4.65. The number of benzene rings is 1. The molecule has 1 aliphatic heterocycles. The smallest absolute Gasteiger partial charge is 0.336 e. The summed E-state index contributed by atoms with van der Waals surface area (Å²) in [6.45, 7) is 1.72. The van der Waals surface area contributed by atoms with E-state index >= 15 is 0 Å². The van der Waals surface area contributed by atoms with Crippen molar-refractivity contribution >= 4 is 26.7 Å². The van der Waals surface area contributed by atoms with Gasteiger partial charge in [0.25, 0.3) is 0 Å². The van der Waals surface area contributed by atoms with E-state index in [0.29, 0.717) is 26.2 Å². The van der Waals surface area contributed by atoms with Crippen molar-refractivity contribution in [3.8, 4) is 0 Å². The second-order valence-electron chi connectivity index (χ2n) is 5.26. The number of hydrogen-bond acceptors (Lipinski definition) is 5. The number of carbonyl (C=O) groups is 2. The first kappa shape index (κ1) is 17.2. The standard InChI is InChI=1S/C14H18FN3O4S/c1-23(21,22)14(20)16-10-13(19)18-8-6-17(7-9-18)12-4-2-11(15)3-5-12/h2-5H,6-10H2,1H3,(H,16,20). The molecule has 1 fully saturated rings. The summed E-state index contributed by atoms with van der Waals surface area (Å²) in [6, 6.07) is 6.12. The Morgan fingerprint density at radius 3 is 2.22 bits per heavy atom. The van der Waals surface area contributed by atoms with E-state index in [1.54, 1.807) is 17.0 Å². The lowest BCUT2D eigenvalue weighted by molar-refractivity contribution is -0.130. The van der Waals surface area contributed by atoms with Crippen molar-refractivity contribution in [1.29, 1.82) is 0 Å². The number of rotatable bonds is 3. The zero-order valence-corrected chi connectivity index (χ0v) is 13.5. The molecule has 0 saturated carbocycles. The van der Waals surface area contributed by atoms with Gasteiger partial charge in [-0.15, -0.1) is 0 Å². The number of anilines is 1. The molecule has 0 atom stereocenters. The number of hydrogen-bond donors (Lipinski definition) is 1. The summed E-state index contributed by atoms with van der Waals surface area (Å²) in [5, 5.41) is 0.939. The summed E-state index contributed by atoms with van der Waals surface area (Å²) in [6.07, 6.45) is 0.786. The topological polar surface area (TPSA) is 86.8 Å². The average Bonchev–Trinajstić information content (AvgIpc) is 2.52. The van der Waals surface area contributed by atoms with Crippen LogP contribution in [0.1, 0.15) is 0 Å². The Morgan fingerprint density at radius 2 is 1.70 bits per heavy atom. The summed E-state index contributed by atoms with van der Waals surface area (Å²) in [7, 11) is -3.84. The molecule has 2 rings (SSSR count). The number of sulfone groups is 1. The average molecular weight is 343 g/mol. The van der Waals surface area contributed by atoms with Crippen LogP contribution in [0.25, 0.3) is 0 Å². The van der Waals surface area contributed by atoms with Gasteiger partial charge in [0.2, 0.25) is 15.7 Å². The molecule has 126 valence electrons. The Hall–Kier alpha value is -2.16. The predicted molar refractivity (Wildman–Crippen MR) is 83.4 cm³/mol. The first-order chi connectivity index (χ1) is 10.8. The Kier molecular flexibility index (Phi) is 5.19. The molecule has 0 bridgehead atoms. The van der Waals surface area contributed by atoms with Crippen molar-refractivity contribution in [3.05, 3.63) is 30.1 Å². The number of carbonyl (C=O) groups excluding carboxylic acids is 2. The van der Waals surface area contributed by atoms with Gasteiger partial charge < -0.3 is 15.1 Å². The zero-order chi connectivity index (χ0) is 17.0. The van der Waals surface area contributed by atoms with Crippen molar-refractivity contribution in [2.75, 3.05) is 43.9 Å². The van der Waals surface area contributed by atoms with Crippen LogP contribution in [-0.2, 0) is 14.6 Å². The first-order valence-corrected chi connectivity index (χ1v) is 8.92. The van der Waals surface area contributed by atoms with Crippen LogP contribution >= 0.6 is 0 Å². The lowest BCUT2D eigenvalue weighted by Crippen LogP contribution is -2.51. The molecule has 1 aliphatic rings. The molecular formula is C14H18FN3O4S. The van der Waals surface area contributed by atoms with Crippen LogP contribution in [0.15, 0.2) is 24.3 Å². The minimum absolute atomic E-state index is 0.302. The van der Waals surface area contributed by atoms with E-state index in [0.717, 1.165) is 11.9 Å². The number of amides is 2. The molecule has 1 aromatic carbocycles. The molecule has 0 aliphatic carbocycles. The van der Waals surface area contributed by atoms with Crippen LogP contribution in [0, 0.1) is 5.82 Å². The number of nitrogens with one attached hydrogen (secondary N) is 1. The highest BCUT2D eigenvalue weighted by molar-refractivity contribution is 8.05. The van der Waals surface area contributed by atoms with E-state index in [2.05, 4.69) is 5.32 Å². The van der Waals surface area contributed by atoms with Crippen molar-refractivity contribution in [2.45, 2.75) is 0 Å². The third-order valence-corrected chi connectivity index (χ3v) is 4.36. The van der Waals surface area contributed by atoms with Gasteiger partial charge in [-0.2, -0.15) is 0 Å². The molecule has 0 spiro atoms. The van der Waals surface area contributed by atoms with E-state index in [1.807, 2.05) is 4.90 Å². The maximum atomic E-state index is 12.9. The Morgan fingerprint density at radius 1 is 1.13 bits per heavy atom. The minimum atomic E-state index is -3.84. The molecule has 9 heteroatoms. The highest BCUT2D eigenvalue weighted by Gasteiger charge is 2.23. The van der Waals surface area contributed by atoms with Crippen molar-refractivity contribution in [3.63, 3.8) is 0 Å². The Bertz CT molecular complexity index is 682. The normalized spacial score (nSPS) is 15.4. The molecule has 0 aromatic heterocycles. The van der Waals surface area contributed by atoms with Gasteiger partial charge in [-0.05, 0) is 24.3 Å². The molecule has 7 nitrogen and oxygen atoms in total. The molecule has 1 aromatic rings. The van der Waals surface area contributed by atoms with E-state index in [1.165, 1.54) is 12.1 Å². The monoisotopic (exact) mass is 343 g/mol. The van der Waals surface area contributed by atoms with Gasteiger partial charge in [-0.3, -0.25) is 9.59 Å². The lowest BCUT2D eigenvalue weighted by Gasteiger charge is -2.36. The number of halogens is 1. The summed E-state index contributed by atoms with van der Waals surface area (Å²) in [5.41, 5.74) is 0.879. The summed E-state index contributed by atoms with van der Waals surface area (Å²) >= 11 is 0. The van der Waals surface area contributed by atoms with Crippen LogP contribution < -0.4 is 10.2 Å². The van der Waals surface area contributed by atoms with Crippen LogP contribution in [0.3, 0.4) is 0 Å². The predicted octanol–water partition coefficient (Wildman–Crippen LogP) is 0.229. The second-order valence-corrected chi connectivity index (χ2v) is 7.17. The largest absolute Gasteiger partial charge is 0.368 e. The van der Waals surface area contributed by atoms with Gasteiger partial charge in [0.05, 0.1) is 6.54 Å². The van der Waals surface area contributed by atoms with Gasteiger partial charge in [-0.1, -0.05) is 0 Å². The molecule has 1 saturated heterocycles. The van der Waals surface area contributed by atoms with Gasteiger partial charge in [0, 0.05) is 38.1 Å². The summed E-state index contributed by atoms with van der Waals surface area (Å²) in [5.74, 6) is -0.634. The molecule has 1 N–H and O–H groups in total. The van der Waals surface area contributed by atoms with Crippen molar-refractivity contribution in [1.82, 2.24) is 10.2 Å². The molecule has 1 heterocycles. The molecular weight excluding hydrogens is 325 g/mol. The summed E-state index contributed by atoms with van der Waals surface area (Å²) < 4.78 is 34.9. The van der Waals surface area contributed by atoms with Crippen LogP contribution in [0.5, 0.6) is 0 Å². The van der Waals surface area contributed by atoms with Gasteiger partial charge in [0.1, 0.15) is 5.82 Å². The minimum Gasteiger partial charge on any atom is -0.368 e. The maximum absolute atomic E-state index is 12.9. The molecule has 0 unspecified atom stereocenters. The highest BCUT2D eigenvalue weighted by Crippen LogP contribution is 2.16. The molecule has 23 heavy (non-hydrogen) atoms. The SMILES string of the molecule is CS(=O)(=O)C(=O)NCC(=O)N1CCN(c2ccc(F)cc2)CC1. The third-order valence-electron chi connectivity index (χ3n) is 3.54. The van der Waals surface area contributed by atoms with E-state index < -0.39 is 15.1 Å². The fourth-order valence-corrected chi connectivity index (χ4v) is 2.59. The van der Waals surface area contributed by atoms with Crippen LogP contribution in [-0.4, -0.2) is 63.4 Å². The quantitative estimate of drug-likeness (QED) is 0.849.